The van der Waals surface area contributed by atoms with E-state index in [1.807, 2.05) is 0 Å². The van der Waals surface area contributed by atoms with E-state index in [2.05, 4.69) is 5.32 Å². The van der Waals surface area contributed by atoms with Crippen molar-refractivity contribution in [2.45, 2.75) is 6.92 Å². The SMILES string of the molecule is CC(=O)Oc1cccc(NC(=O)N2CCN(C(=O)c3ccco3)CC2)c1. The van der Waals surface area contributed by atoms with Crippen molar-refractivity contribution in [3.63, 3.8) is 0 Å². The van der Waals surface area contributed by atoms with Gasteiger partial charge < -0.3 is 24.3 Å². The van der Waals surface area contributed by atoms with Gasteiger partial charge in [0, 0.05) is 44.9 Å². The highest BCUT2D eigenvalue weighted by Crippen LogP contribution is 2.18. The van der Waals surface area contributed by atoms with Crippen LogP contribution in [0.25, 0.3) is 0 Å². The Morgan fingerprint density at radius 2 is 1.77 bits per heavy atom. The molecule has 1 aromatic carbocycles. The molecule has 0 atom stereocenters. The lowest BCUT2D eigenvalue weighted by Gasteiger charge is -2.34. The van der Waals surface area contributed by atoms with Crippen molar-refractivity contribution in [2.24, 2.45) is 0 Å². The molecule has 1 fully saturated rings. The third-order valence-corrected chi connectivity index (χ3v) is 3.93. The van der Waals surface area contributed by atoms with E-state index in [4.69, 9.17) is 9.15 Å². The molecule has 3 rings (SSSR count). The quantitative estimate of drug-likeness (QED) is 0.671. The van der Waals surface area contributed by atoms with E-state index >= 15 is 0 Å². The van der Waals surface area contributed by atoms with E-state index in [-0.39, 0.29) is 11.9 Å². The van der Waals surface area contributed by atoms with Crippen LogP contribution in [0.1, 0.15) is 17.5 Å². The number of hydrogen-bond donors (Lipinski definition) is 1. The zero-order chi connectivity index (χ0) is 18.5. The first-order chi connectivity index (χ1) is 12.5. The van der Waals surface area contributed by atoms with Crippen LogP contribution in [0.2, 0.25) is 0 Å². The largest absolute Gasteiger partial charge is 0.459 e. The van der Waals surface area contributed by atoms with Gasteiger partial charge in [0.2, 0.25) is 0 Å². The molecule has 0 spiro atoms. The van der Waals surface area contributed by atoms with Crippen LogP contribution in [0, 0.1) is 0 Å². The lowest BCUT2D eigenvalue weighted by Crippen LogP contribution is -2.51. The van der Waals surface area contributed by atoms with Gasteiger partial charge >= 0.3 is 12.0 Å². The normalized spacial score (nSPS) is 14.0. The van der Waals surface area contributed by atoms with Crippen molar-refractivity contribution < 1.29 is 23.5 Å². The Kier molecular flexibility index (Phi) is 5.21. The van der Waals surface area contributed by atoms with Crippen LogP contribution in [-0.4, -0.2) is 53.9 Å². The predicted molar refractivity (Wildman–Crippen MR) is 93.0 cm³/mol. The maximum absolute atomic E-state index is 12.4. The van der Waals surface area contributed by atoms with Crippen LogP contribution in [0.4, 0.5) is 10.5 Å². The summed E-state index contributed by atoms with van der Waals surface area (Å²) < 4.78 is 10.1. The second kappa shape index (κ2) is 7.73. The Morgan fingerprint density at radius 3 is 2.42 bits per heavy atom. The molecule has 2 heterocycles. The number of amides is 3. The molecule has 2 aromatic rings. The lowest BCUT2D eigenvalue weighted by molar-refractivity contribution is -0.131. The molecule has 1 N–H and O–H groups in total. The molecule has 0 unspecified atom stereocenters. The van der Waals surface area contributed by atoms with Gasteiger partial charge in [-0.2, -0.15) is 0 Å². The highest BCUT2D eigenvalue weighted by molar-refractivity contribution is 5.92. The van der Waals surface area contributed by atoms with Gasteiger partial charge in [-0.05, 0) is 24.3 Å². The molecule has 0 aliphatic carbocycles. The van der Waals surface area contributed by atoms with Crippen molar-refractivity contribution >= 4 is 23.6 Å². The molecular formula is C18H19N3O5. The number of esters is 1. The first-order valence-corrected chi connectivity index (χ1v) is 8.20. The summed E-state index contributed by atoms with van der Waals surface area (Å²) in [5.41, 5.74) is 0.530. The van der Waals surface area contributed by atoms with Gasteiger partial charge in [-0.25, -0.2) is 4.79 Å². The summed E-state index contributed by atoms with van der Waals surface area (Å²) >= 11 is 0. The smallest absolute Gasteiger partial charge is 0.321 e. The number of nitrogens with zero attached hydrogens (tertiary/aromatic N) is 2. The number of anilines is 1. The third-order valence-electron chi connectivity index (χ3n) is 3.93. The Hall–Kier alpha value is -3.29. The van der Waals surface area contributed by atoms with E-state index in [0.29, 0.717) is 43.4 Å². The summed E-state index contributed by atoms with van der Waals surface area (Å²) in [4.78, 5) is 38.9. The van der Waals surface area contributed by atoms with Gasteiger partial charge in [0.25, 0.3) is 5.91 Å². The predicted octanol–water partition coefficient (Wildman–Crippen LogP) is 2.19. The molecule has 3 amide bonds. The topological polar surface area (TPSA) is 92.1 Å². The van der Waals surface area contributed by atoms with Crippen LogP contribution in [0.3, 0.4) is 0 Å². The monoisotopic (exact) mass is 357 g/mol. The first kappa shape index (κ1) is 17.5. The maximum Gasteiger partial charge on any atom is 0.321 e. The first-order valence-electron chi connectivity index (χ1n) is 8.20. The van der Waals surface area contributed by atoms with E-state index in [1.54, 1.807) is 46.2 Å². The number of rotatable bonds is 3. The molecule has 1 aromatic heterocycles. The third kappa shape index (κ3) is 4.21. The van der Waals surface area contributed by atoms with Gasteiger partial charge in [0.1, 0.15) is 5.75 Å². The van der Waals surface area contributed by atoms with Gasteiger partial charge in [-0.15, -0.1) is 0 Å². The number of benzene rings is 1. The van der Waals surface area contributed by atoms with Crippen LogP contribution in [0.15, 0.2) is 47.1 Å². The number of furan rings is 1. The maximum atomic E-state index is 12.4. The molecule has 0 saturated carbocycles. The highest BCUT2D eigenvalue weighted by atomic mass is 16.5. The molecule has 1 saturated heterocycles. The van der Waals surface area contributed by atoms with Crippen LogP contribution in [-0.2, 0) is 4.79 Å². The average Bonchev–Trinajstić information content (AvgIpc) is 3.15. The number of nitrogens with one attached hydrogen (secondary N) is 1. The summed E-state index contributed by atoms with van der Waals surface area (Å²) in [5.74, 6) is 0.0596. The molecule has 0 radical (unpaired) electrons. The molecular weight excluding hydrogens is 338 g/mol. The van der Waals surface area contributed by atoms with E-state index in [1.165, 1.54) is 13.2 Å². The number of ether oxygens (including phenoxy) is 1. The number of carbonyl (C=O) groups is 3. The summed E-state index contributed by atoms with van der Waals surface area (Å²) in [6.45, 7) is 3.01. The van der Waals surface area contributed by atoms with Crippen LogP contribution >= 0.6 is 0 Å². The number of urea groups is 1. The van der Waals surface area contributed by atoms with Crippen LogP contribution in [0.5, 0.6) is 5.75 Å². The van der Waals surface area contributed by atoms with Gasteiger partial charge in [-0.3, -0.25) is 9.59 Å². The molecule has 8 heteroatoms. The molecule has 0 bridgehead atoms. The lowest BCUT2D eigenvalue weighted by atomic mass is 10.3. The van der Waals surface area contributed by atoms with Gasteiger partial charge in [-0.1, -0.05) is 6.07 Å². The number of carbonyl (C=O) groups excluding carboxylic acids is 3. The zero-order valence-corrected chi connectivity index (χ0v) is 14.3. The molecule has 8 nitrogen and oxygen atoms in total. The molecule has 1 aliphatic heterocycles. The summed E-state index contributed by atoms with van der Waals surface area (Å²) in [6.07, 6.45) is 1.46. The zero-order valence-electron chi connectivity index (χ0n) is 14.3. The summed E-state index contributed by atoms with van der Waals surface area (Å²) in [7, 11) is 0. The fourth-order valence-electron chi connectivity index (χ4n) is 2.67. The Morgan fingerprint density at radius 1 is 1.04 bits per heavy atom. The van der Waals surface area contributed by atoms with Crippen molar-refractivity contribution in [3.8, 4) is 5.75 Å². The van der Waals surface area contributed by atoms with E-state index in [9.17, 15) is 14.4 Å². The van der Waals surface area contributed by atoms with Crippen molar-refractivity contribution in [1.29, 1.82) is 0 Å². The second-order valence-corrected chi connectivity index (χ2v) is 5.81. The van der Waals surface area contributed by atoms with Crippen molar-refractivity contribution in [1.82, 2.24) is 9.80 Å². The van der Waals surface area contributed by atoms with Gasteiger partial charge in [0.15, 0.2) is 5.76 Å². The minimum Gasteiger partial charge on any atom is -0.459 e. The number of hydrogen-bond acceptors (Lipinski definition) is 5. The molecule has 1 aliphatic rings. The van der Waals surface area contributed by atoms with E-state index in [0.717, 1.165) is 0 Å². The minimum absolute atomic E-state index is 0.177. The molecule has 136 valence electrons. The number of piperazine rings is 1. The van der Waals surface area contributed by atoms with Crippen molar-refractivity contribution in [3.05, 3.63) is 48.4 Å². The van der Waals surface area contributed by atoms with Crippen LogP contribution < -0.4 is 10.1 Å². The highest BCUT2D eigenvalue weighted by Gasteiger charge is 2.26. The minimum atomic E-state index is -0.425. The Balaban J connectivity index is 1.54. The summed E-state index contributed by atoms with van der Waals surface area (Å²) in [6, 6.07) is 9.63. The average molecular weight is 357 g/mol. The van der Waals surface area contributed by atoms with E-state index < -0.39 is 5.97 Å². The standard InChI is InChI=1S/C18H19N3O5/c1-13(22)26-15-5-2-4-14(12-15)19-18(24)21-9-7-20(8-10-21)17(23)16-6-3-11-25-16/h2-6,11-12H,7-10H2,1H3,(H,19,24). The fraction of sp³-hybridized carbons (Fsp3) is 0.278. The second-order valence-electron chi connectivity index (χ2n) is 5.81. The van der Waals surface area contributed by atoms with Crippen molar-refractivity contribution in [2.75, 3.05) is 31.5 Å². The molecule has 26 heavy (non-hydrogen) atoms. The summed E-state index contributed by atoms with van der Waals surface area (Å²) in [5, 5.41) is 2.77. The Labute approximate surface area is 150 Å². The van der Waals surface area contributed by atoms with Gasteiger partial charge in [0.05, 0.1) is 6.26 Å². The Bertz CT molecular complexity index is 795. The fourth-order valence-corrected chi connectivity index (χ4v) is 2.67.